The molecule has 0 atom stereocenters. The topological polar surface area (TPSA) is 90.9 Å². The monoisotopic (exact) mass is 308 g/mol. The van der Waals surface area contributed by atoms with Gasteiger partial charge < -0.3 is 5.73 Å². The molecule has 0 aliphatic rings. The molecule has 2 aromatic rings. The molecule has 0 amide bonds. The van der Waals surface area contributed by atoms with Crippen molar-refractivity contribution in [2.45, 2.75) is 38.0 Å². The molecule has 114 valence electrons. The molecule has 0 aliphatic heterocycles. The van der Waals surface area contributed by atoms with Crippen molar-refractivity contribution in [3.05, 3.63) is 35.9 Å². The summed E-state index contributed by atoms with van der Waals surface area (Å²) in [5.74, 6) is 0.592. The summed E-state index contributed by atoms with van der Waals surface area (Å²) in [4.78, 5) is 4.22. The average Bonchev–Trinajstić information content (AvgIpc) is 2.78. The lowest BCUT2D eigenvalue weighted by atomic mass is 10.2. The van der Waals surface area contributed by atoms with E-state index in [1.165, 1.54) is 6.33 Å². The van der Waals surface area contributed by atoms with Gasteiger partial charge in [0.25, 0.3) is 0 Å². The fourth-order valence-corrected chi connectivity index (χ4v) is 3.57. The van der Waals surface area contributed by atoms with E-state index in [2.05, 4.69) is 10.1 Å². The number of rotatable bonds is 5. The van der Waals surface area contributed by atoms with Crippen LogP contribution in [0.15, 0.2) is 29.4 Å². The van der Waals surface area contributed by atoms with Gasteiger partial charge in [0.1, 0.15) is 17.9 Å². The third-order valence-corrected chi connectivity index (χ3v) is 4.72. The molecule has 2 rings (SSSR count). The van der Waals surface area contributed by atoms with E-state index in [0.29, 0.717) is 18.3 Å². The summed E-state index contributed by atoms with van der Waals surface area (Å²) in [5, 5.41) is 4.08. The molecule has 0 fully saturated rings. The molecular formula is C14H20N4O2S. The predicted molar refractivity (Wildman–Crippen MR) is 81.3 cm³/mol. The Balaban J connectivity index is 2.34. The zero-order valence-electron chi connectivity index (χ0n) is 12.4. The van der Waals surface area contributed by atoms with Gasteiger partial charge in [0.15, 0.2) is 9.84 Å². The Labute approximate surface area is 124 Å². The quantitative estimate of drug-likeness (QED) is 0.850. The zero-order valence-corrected chi connectivity index (χ0v) is 13.3. The van der Waals surface area contributed by atoms with Gasteiger partial charge in [-0.05, 0) is 30.5 Å². The first kappa shape index (κ1) is 15.5. The van der Waals surface area contributed by atoms with E-state index >= 15 is 0 Å². The molecule has 6 nitrogen and oxygen atoms in total. The number of benzene rings is 1. The minimum absolute atomic E-state index is 0.154. The maximum absolute atomic E-state index is 12.5. The van der Waals surface area contributed by atoms with Crippen molar-refractivity contribution in [1.82, 2.24) is 14.8 Å². The summed E-state index contributed by atoms with van der Waals surface area (Å²) in [6.07, 6.45) is 1.38. The first-order valence-corrected chi connectivity index (χ1v) is 8.40. The van der Waals surface area contributed by atoms with Gasteiger partial charge in [-0.1, -0.05) is 19.9 Å². The molecule has 1 aromatic carbocycles. The zero-order chi connectivity index (χ0) is 15.6. The lowest BCUT2D eigenvalue weighted by molar-refractivity contribution is 0.470. The van der Waals surface area contributed by atoms with Gasteiger partial charge in [0.05, 0.1) is 10.6 Å². The van der Waals surface area contributed by atoms with Crippen LogP contribution in [-0.4, -0.2) is 23.2 Å². The van der Waals surface area contributed by atoms with Crippen molar-refractivity contribution in [2.24, 2.45) is 5.92 Å². The molecule has 0 saturated heterocycles. The van der Waals surface area contributed by atoms with Gasteiger partial charge >= 0.3 is 0 Å². The number of sulfone groups is 1. The van der Waals surface area contributed by atoms with Crippen LogP contribution in [0.1, 0.15) is 25.2 Å². The van der Waals surface area contributed by atoms with E-state index in [9.17, 15) is 8.42 Å². The lowest BCUT2D eigenvalue weighted by Crippen LogP contribution is -2.15. The van der Waals surface area contributed by atoms with Crippen LogP contribution in [0.2, 0.25) is 0 Å². The van der Waals surface area contributed by atoms with Crippen LogP contribution in [0.25, 0.3) is 0 Å². The van der Waals surface area contributed by atoms with Crippen molar-refractivity contribution >= 4 is 15.5 Å². The second kappa shape index (κ2) is 5.85. The SMILES string of the molecule is Cc1ccc(N)c(S(=O)(=O)Cc2ncnn2CC(C)C)c1. The largest absolute Gasteiger partial charge is 0.398 e. The fraction of sp³-hybridized carbons (Fsp3) is 0.429. The standard InChI is InChI=1S/C14H20N4O2S/c1-10(2)7-18-14(16-9-17-18)8-21(19,20)13-6-11(3)4-5-12(13)15/h4-6,9-10H,7-8,15H2,1-3H3. The predicted octanol–water partition coefficient (Wildman–Crippen LogP) is 1.80. The molecule has 0 bridgehead atoms. The molecule has 0 unspecified atom stereocenters. The number of hydrogen-bond donors (Lipinski definition) is 1. The van der Waals surface area contributed by atoms with Crippen molar-refractivity contribution < 1.29 is 8.42 Å². The summed E-state index contributed by atoms with van der Waals surface area (Å²) < 4.78 is 26.7. The Bertz CT molecular complexity index is 735. The van der Waals surface area contributed by atoms with Crippen LogP contribution in [0.3, 0.4) is 0 Å². The summed E-state index contributed by atoms with van der Waals surface area (Å²) in [6, 6.07) is 4.99. The second-order valence-corrected chi connectivity index (χ2v) is 7.51. The fourth-order valence-electron chi connectivity index (χ4n) is 2.06. The Hall–Kier alpha value is -1.89. The maximum atomic E-state index is 12.5. The van der Waals surface area contributed by atoms with Crippen LogP contribution in [-0.2, 0) is 22.1 Å². The van der Waals surface area contributed by atoms with E-state index in [0.717, 1.165) is 5.56 Å². The van der Waals surface area contributed by atoms with Gasteiger partial charge in [-0.2, -0.15) is 5.10 Å². The highest BCUT2D eigenvalue weighted by Crippen LogP contribution is 2.23. The van der Waals surface area contributed by atoms with Crippen LogP contribution in [0.5, 0.6) is 0 Å². The van der Waals surface area contributed by atoms with E-state index in [4.69, 9.17) is 5.73 Å². The first-order valence-electron chi connectivity index (χ1n) is 6.75. The van der Waals surface area contributed by atoms with Crippen molar-refractivity contribution in [2.75, 3.05) is 5.73 Å². The van der Waals surface area contributed by atoms with Crippen molar-refractivity contribution in [3.8, 4) is 0 Å². The Morgan fingerprint density at radius 1 is 1.33 bits per heavy atom. The molecule has 0 aliphatic carbocycles. The first-order chi connectivity index (χ1) is 9.79. The van der Waals surface area contributed by atoms with Gasteiger partial charge in [0, 0.05) is 6.54 Å². The lowest BCUT2D eigenvalue weighted by Gasteiger charge is -2.10. The summed E-state index contributed by atoms with van der Waals surface area (Å²) >= 11 is 0. The molecule has 0 saturated carbocycles. The van der Waals surface area contributed by atoms with Gasteiger partial charge in [-0.15, -0.1) is 0 Å². The average molecular weight is 308 g/mol. The number of hydrogen-bond acceptors (Lipinski definition) is 5. The molecule has 2 N–H and O–H groups in total. The number of nitrogens with zero attached hydrogens (tertiary/aromatic N) is 3. The molecule has 7 heteroatoms. The highest BCUT2D eigenvalue weighted by atomic mass is 32.2. The Morgan fingerprint density at radius 2 is 2.05 bits per heavy atom. The van der Waals surface area contributed by atoms with Crippen molar-refractivity contribution in [1.29, 1.82) is 0 Å². The third-order valence-electron chi connectivity index (χ3n) is 3.06. The normalized spacial score (nSPS) is 12.0. The van der Waals surface area contributed by atoms with Crippen LogP contribution >= 0.6 is 0 Å². The smallest absolute Gasteiger partial charge is 0.187 e. The van der Waals surface area contributed by atoms with Gasteiger partial charge in [0.2, 0.25) is 0 Å². The maximum Gasteiger partial charge on any atom is 0.187 e. The Kier molecular flexibility index (Phi) is 4.32. The number of anilines is 1. The molecule has 1 aromatic heterocycles. The molecule has 21 heavy (non-hydrogen) atoms. The molecular weight excluding hydrogens is 288 g/mol. The molecule has 0 radical (unpaired) electrons. The molecule has 1 heterocycles. The van der Waals surface area contributed by atoms with Crippen LogP contribution in [0.4, 0.5) is 5.69 Å². The van der Waals surface area contributed by atoms with Crippen molar-refractivity contribution in [3.63, 3.8) is 0 Å². The number of nitrogen functional groups attached to an aromatic ring is 1. The van der Waals surface area contributed by atoms with Gasteiger partial charge in [-0.3, -0.25) is 0 Å². The second-order valence-electron chi connectivity index (χ2n) is 5.55. The minimum Gasteiger partial charge on any atom is -0.398 e. The van der Waals surface area contributed by atoms with E-state index in [-0.39, 0.29) is 16.3 Å². The summed E-state index contributed by atoms with van der Waals surface area (Å²) in [7, 11) is -3.54. The minimum atomic E-state index is -3.54. The highest BCUT2D eigenvalue weighted by molar-refractivity contribution is 7.90. The summed E-state index contributed by atoms with van der Waals surface area (Å²) in [5.41, 5.74) is 6.91. The Morgan fingerprint density at radius 3 is 2.71 bits per heavy atom. The van der Waals surface area contributed by atoms with E-state index in [1.54, 1.807) is 22.9 Å². The number of aromatic nitrogens is 3. The van der Waals surface area contributed by atoms with E-state index in [1.807, 2.05) is 20.8 Å². The number of aryl methyl sites for hydroxylation is 1. The van der Waals surface area contributed by atoms with E-state index < -0.39 is 9.84 Å². The van der Waals surface area contributed by atoms with Crippen LogP contribution < -0.4 is 5.73 Å². The highest BCUT2D eigenvalue weighted by Gasteiger charge is 2.22. The van der Waals surface area contributed by atoms with Crippen LogP contribution in [0, 0.1) is 12.8 Å². The number of nitrogens with two attached hydrogens (primary N) is 1. The van der Waals surface area contributed by atoms with Gasteiger partial charge in [-0.25, -0.2) is 18.1 Å². The summed E-state index contributed by atoms with van der Waals surface area (Å²) in [6.45, 7) is 6.55. The third kappa shape index (κ3) is 3.60. The molecule has 0 spiro atoms.